The molecule has 0 saturated heterocycles. The first-order valence-corrected chi connectivity index (χ1v) is 3.83. The molecular weight excluding hydrogens is 184 g/mol. The average molecular weight is 192 g/mol. The van der Waals surface area contributed by atoms with Crippen molar-refractivity contribution in [1.82, 2.24) is 9.97 Å². The van der Waals surface area contributed by atoms with Crippen molar-refractivity contribution in [3.8, 4) is 6.07 Å². The molecule has 0 fully saturated rings. The number of aromatic nitrogens is 2. The highest BCUT2D eigenvalue weighted by atomic mass is 16.4. The quantitative estimate of drug-likeness (QED) is 0.707. The Balaban J connectivity index is 2.82. The number of aliphatic carboxylic acids is 1. The van der Waals surface area contributed by atoms with E-state index in [9.17, 15) is 4.79 Å². The van der Waals surface area contributed by atoms with Gasteiger partial charge in [0.2, 0.25) is 0 Å². The molecule has 1 heterocycles. The molecule has 0 bridgehead atoms. The van der Waals surface area contributed by atoms with Gasteiger partial charge in [0.15, 0.2) is 0 Å². The largest absolute Gasteiger partial charge is 0.480 e. The minimum atomic E-state index is -0.986. The van der Waals surface area contributed by atoms with E-state index in [2.05, 4.69) is 15.3 Å². The van der Waals surface area contributed by atoms with Crippen molar-refractivity contribution >= 4 is 11.8 Å². The van der Waals surface area contributed by atoms with Crippen LogP contribution in [0.3, 0.4) is 0 Å². The Kier molecular flexibility index (Phi) is 2.97. The summed E-state index contributed by atoms with van der Waals surface area (Å²) in [7, 11) is 0. The number of rotatable bonds is 3. The number of nitriles is 1. The van der Waals surface area contributed by atoms with Gasteiger partial charge < -0.3 is 10.4 Å². The minimum Gasteiger partial charge on any atom is -0.480 e. The van der Waals surface area contributed by atoms with Crippen LogP contribution in [0.15, 0.2) is 6.07 Å². The van der Waals surface area contributed by atoms with Crippen molar-refractivity contribution in [3.63, 3.8) is 0 Å². The van der Waals surface area contributed by atoms with Gasteiger partial charge in [-0.3, -0.25) is 4.79 Å². The second-order valence-corrected chi connectivity index (χ2v) is 2.54. The maximum absolute atomic E-state index is 10.2. The second-order valence-electron chi connectivity index (χ2n) is 2.54. The van der Waals surface area contributed by atoms with Gasteiger partial charge in [0, 0.05) is 6.07 Å². The minimum absolute atomic E-state index is 0.213. The molecule has 0 atom stereocenters. The molecule has 0 aromatic carbocycles. The van der Waals surface area contributed by atoms with E-state index in [-0.39, 0.29) is 12.2 Å². The third-order valence-corrected chi connectivity index (χ3v) is 1.37. The van der Waals surface area contributed by atoms with Crippen molar-refractivity contribution < 1.29 is 9.90 Å². The van der Waals surface area contributed by atoms with Crippen LogP contribution in [-0.2, 0) is 4.79 Å². The molecule has 14 heavy (non-hydrogen) atoms. The third kappa shape index (κ3) is 2.71. The zero-order chi connectivity index (χ0) is 10.6. The van der Waals surface area contributed by atoms with Crippen molar-refractivity contribution in [3.05, 3.63) is 17.6 Å². The van der Waals surface area contributed by atoms with E-state index in [1.807, 2.05) is 6.07 Å². The zero-order valence-electron chi connectivity index (χ0n) is 7.48. The van der Waals surface area contributed by atoms with Crippen LogP contribution in [0.2, 0.25) is 0 Å². The first kappa shape index (κ1) is 9.92. The Labute approximate surface area is 80.2 Å². The standard InChI is InChI=1S/C8H8N4O2/c1-5-11-6(3-9)2-7(12-5)10-4-8(13)14/h2H,4H2,1H3,(H,13,14)(H,10,11,12). The maximum atomic E-state index is 10.2. The molecule has 1 aromatic heterocycles. The highest BCUT2D eigenvalue weighted by molar-refractivity contribution is 5.72. The smallest absolute Gasteiger partial charge is 0.322 e. The molecule has 72 valence electrons. The average Bonchev–Trinajstić information content (AvgIpc) is 2.14. The molecule has 6 nitrogen and oxygen atoms in total. The van der Waals surface area contributed by atoms with E-state index < -0.39 is 5.97 Å². The van der Waals surface area contributed by atoms with Crippen molar-refractivity contribution in [2.45, 2.75) is 6.92 Å². The molecule has 0 aliphatic rings. The molecule has 6 heteroatoms. The predicted octanol–water partition coefficient (Wildman–Crippen LogP) is 0.153. The van der Waals surface area contributed by atoms with Crippen LogP contribution in [0, 0.1) is 18.3 Å². The fraction of sp³-hybridized carbons (Fsp3) is 0.250. The Morgan fingerprint density at radius 2 is 2.43 bits per heavy atom. The van der Waals surface area contributed by atoms with Gasteiger partial charge in [-0.25, -0.2) is 9.97 Å². The number of hydrogen-bond acceptors (Lipinski definition) is 5. The van der Waals surface area contributed by atoms with Crippen LogP contribution >= 0.6 is 0 Å². The van der Waals surface area contributed by atoms with Crippen LogP contribution in [0.1, 0.15) is 11.5 Å². The normalized spacial score (nSPS) is 9.14. The van der Waals surface area contributed by atoms with Crippen molar-refractivity contribution in [2.75, 3.05) is 11.9 Å². The summed E-state index contributed by atoms with van der Waals surface area (Å²) in [5.41, 5.74) is 0.213. The first-order valence-electron chi connectivity index (χ1n) is 3.83. The lowest BCUT2D eigenvalue weighted by atomic mass is 10.4. The Bertz CT molecular complexity index is 397. The van der Waals surface area contributed by atoms with Gasteiger partial charge >= 0.3 is 5.97 Å². The Morgan fingerprint density at radius 1 is 1.71 bits per heavy atom. The molecule has 0 amide bonds. The monoisotopic (exact) mass is 192 g/mol. The number of carboxylic acids is 1. The van der Waals surface area contributed by atoms with E-state index >= 15 is 0 Å². The highest BCUT2D eigenvalue weighted by Crippen LogP contribution is 2.04. The molecule has 0 aliphatic heterocycles. The molecule has 0 aliphatic carbocycles. The third-order valence-electron chi connectivity index (χ3n) is 1.37. The van der Waals surface area contributed by atoms with Gasteiger partial charge in [0.05, 0.1) is 0 Å². The number of carbonyl (C=O) groups is 1. The summed E-state index contributed by atoms with van der Waals surface area (Å²) < 4.78 is 0. The van der Waals surface area contributed by atoms with Crippen molar-refractivity contribution in [1.29, 1.82) is 5.26 Å². The zero-order valence-corrected chi connectivity index (χ0v) is 7.48. The van der Waals surface area contributed by atoms with Gasteiger partial charge in [-0.05, 0) is 6.92 Å². The number of carboxylic acid groups (broad SMARTS) is 1. The van der Waals surface area contributed by atoms with Crippen LogP contribution < -0.4 is 5.32 Å². The number of anilines is 1. The van der Waals surface area contributed by atoms with E-state index in [0.29, 0.717) is 11.6 Å². The summed E-state index contributed by atoms with van der Waals surface area (Å²) in [6, 6.07) is 3.26. The van der Waals surface area contributed by atoms with Gasteiger partial charge in [0.1, 0.15) is 30.0 Å². The lowest BCUT2D eigenvalue weighted by molar-refractivity contribution is -0.134. The fourth-order valence-electron chi connectivity index (χ4n) is 0.882. The topological polar surface area (TPSA) is 98.9 Å². The van der Waals surface area contributed by atoms with E-state index in [4.69, 9.17) is 10.4 Å². The van der Waals surface area contributed by atoms with Crippen LogP contribution in [-0.4, -0.2) is 27.6 Å². The molecule has 0 radical (unpaired) electrons. The SMILES string of the molecule is Cc1nc(C#N)cc(NCC(=O)O)n1. The lowest BCUT2D eigenvalue weighted by Gasteiger charge is -2.02. The van der Waals surface area contributed by atoms with Crippen LogP contribution in [0.5, 0.6) is 0 Å². The van der Waals surface area contributed by atoms with Gasteiger partial charge in [-0.15, -0.1) is 0 Å². The molecule has 0 unspecified atom stereocenters. The van der Waals surface area contributed by atoms with Crippen LogP contribution in [0.25, 0.3) is 0 Å². The maximum Gasteiger partial charge on any atom is 0.322 e. The molecular formula is C8H8N4O2. The molecule has 1 aromatic rings. The summed E-state index contributed by atoms with van der Waals surface area (Å²) >= 11 is 0. The first-order chi connectivity index (χ1) is 6.61. The summed E-state index contributed by atoms with van der Waals surface area (Å²) in [6.45, 7) is 1.40. The lowest BCUT2D eigenvalue weighted by Crippen LogP contribution is -2.13. The summed E-state index contributed by atoms with van der Waals surface area (Å²) in [5.74, 6) is -0.215. The molecule has 1 rings (SSSR count). The van der Waals surface area contributed by atoms with E-state index in [1.165, 1.54) is 6.07 Å². The summed E-state index contributed by atoms with van der Waals surface area (Å²) in [4.78, 5) is 18.0. The Morgan fingerprint density at radius 3 is 3.00 bits per heavy atom. The van der Waals surface area contributed by atoms with E-state index in [0.717, 1.165) is 0 Å². The predicted molar refractivity (Wildman–Crippen MR) is 47.6 cm³/mol. The van der Waals surface area contributed by atoms with Crippen LogP contribution in [0.4, 0.5) is 5.82 Å². The number of nitrogens with one attached hydrogen (secondary N) is 1. The summed E-state index contributed by atoms with van der Waals surface area (Å²) in [5, 5.41) is 19.5. The number of aryl methyl sites for hydroxylation is 1. The Hall–Kier alpha value is -2.16. The number of hydrogen-bond donors (Lipinski definition) is 2. The molecule has 2 N–H and O–H groups in total. The number of nitrogens with zero attached hydrogens (tertiary/aromatic N) is 3. The molecule has 0 spiro atoms. The fourth-order valence-corrected chi connectivity index (χ4v) is 0.882. The van der Waals surface area contributed by atoms with Gasteiger partial charge in [-0.1, -0.05) is 0 Å². The molecule has 0 saturated carbocycles. The van der Waals surface area contributed by atoms with Gasteiger partial charge in [0.25, 0.3) is 0 Å². The van der Waals surface area contributed by atoms with Gasteiger partial charge in [-0.2, -0.15) is 5.26 Å². The second kappa shape index (κ2) is 4.18. The van der Waals surface area contributed by atoms with E-state index in [1.54, 1.807) is 6.92 Å². The van der Waals surface area contributed by atoms with Crippen molar-refractivity contribution in [2.24, 2.45) is 0 Å². The highest BCUT2D eigenvalue weighted by Gasteiger charge is 2.02. The summed E-state index contributed by atoms with van der Waals surface area (Å²) in [6.07, 6.45) is 0.